The van der Waals surface area contributed by atoms with E-state index in [2.05, 4.69) is 0 Å². The second kappa shape index (κ2) is 7.62. The van der Waals surface area contributed by atoms with Crippen LogP contribution in [0.15, 0.2) is 24.3 Å². The summed E-state index contributed by atoms with van der Waals surface area (Å²) in [6.07, 6.45) is 5.02. The fourth-order valence-electron chi connectivity index (χ4n) is 3.89. The Kier molecular flexibility index (Phi) is 5.51. The van der Waals surface area contributed by atoms with Crippen LogP contribution < -0.4 is 0 Å². The molecule has 2 heterocycles. The van der Waals surface area contributed by atoms with Crippen LogP contribution in [-0.4, -0.2) is 49.3 Å². The van der Waals surface area contributed by atoms with Gasteiger partial charge < -0.3 is 14.4 Å². The second-order valence-corrected chi connectivity index (χ2v) is 6.79. The van der Waals surface area contributed by atoms with Gasteiger partial charge in [-0.2, -0.15) is 0 Å². The highest BCUT2D eigenvalue weighted by Crippen LogP contribution is 2.36. The Morgan fingerprint density at radius 3 is 2.71 bits per heavy atom. The van der Waals surface area contributed by atoms with E-state index in [1.807, 2.05) is 4.90 Å². The molecule has 0 radical (unpaired) electrons. The molecule has 0 saturated carbocycles. The van der Waals surface area contributed by atoms with Crippen molar-refractivity contribution >= 4 is 5.91 Å². The molecule has 0 aliphatic carbocycles. The number of ether oxygens (including phenoxy) is 2. The molecule has 1 aromatic carbocycles. The van der Waals surface area contributed by atoms with Crippen LogP contribution in [-0.2, 0) is 20.7 Å². The van der Waals surface area contributed by atoms with Crippen LogP contribution in [0.25, 0.3) is 0 Å². The number of benzene rings is 1. The number of carbonyl (C=O) groups excluding carboxylic acids is 1. The average molecular weight is 335 g/mol. The van der Waals surface area contributed by atoms with Crippen LogP contribution in [0.1, 0.15) is 37.7 Å². The quantitative estimate of drug-likeness (QED) is 0.849. The Morgan fingerprint density at radius 2 is 2.04 bits per heavy atom. The smallest absolute Gasteiger partial charge is 0.222 e. The highest BCUT2D eigenvalue weighted by Gasteiger charge is 2.45. The molecule has 5 heteroatoms. The molecule has 0 N–H and O–H groups in total. The fraction of sp³-hybridized carbons (Fsp3) is 0.632. The molecule has 1 spiro atoms. The Balaban J connectivity index is 1.50. The van der Waals surface area contributed by atoms with Crippen LogP contribution in [0.5, 0.6) is 0 Å². The summed E-state index contributed by atoms with van der Waals surface area (Å²) in [6, 6.07) is 6.37. The summed E-state index contributed by atoms with van der Waals surface area (Å²) in [5, 5.41) is 0. The van der Waals surface area contributed by atoms with Gasteiger partial charge in [0.2, 0.25) is 5.91 Å². The highest BCUT2D eigenvalue weighted by molar-refractivity contribution is 5.76. The maximum absolute atomic E-state index is 12.9. The van der Waals surface area contributed by atoms with Crippen molar-refractivity contribution in [3.05, 3.63) is 35.6 Å². The van der Waals surface area contributed by atoms with Crippen molar-refractivity contribution in [2.75, 3.05) is 26.8 Å². The predicted molar refractivity (Wildman–Crippen MR) is 89.2 cm³/mol. The molecule has 0 aromatic heterocycles. The number of halogens is 1. The first-order chi connectivity index (χ1) is 11.6. The van der Waals surface area contributed by atoms with E-state index in [1.165, 1.54) is 12.1 Å². The number of methoxy groups -OCH3 is 1. The lowest BCUT2D eigenvalue weighted by Gasteiger charge is -2.48. The second-order valence-electron chi connectivity index (χ2n) is 6.79. The van der Waals surface area contributed by atoms with Gasteiger partial charge in [-0.1, -0.05) is 12.1 Å². The summed E-state index contributed by atoms with van der Waals surface area (Å²) in [5.74, 6) is -0.0782. The Labute approximate surface area is 142 Å². The number of likely N-dealkylation sites (tertiary alicyclic amines) is 1. The monoisotopic (exact) mass is 335 g/mol. The van der Waals surface area contributed by atoms with Crippen molar-refractivity contribution in [2.45, 2.75) is 50.2 Å². The number of amides is 1. The maximum Gasteiger partial charge on any atom is 0.222 e. The van der Waals surface area contributed by atoms with Crippen LogP contribution >= 0.6 is 0 Å². The van der Waals surface area contributed by atoms with Gasteiger partial charge in [0.05, 0.1) is 11.7 Å². The number of rotatable bonds is 4. The minimum Gasteiger partial charge on any atom is -0.378 e. The molecule has 2 aliphatic heterocycles. The summed E-state index contributed by atoms with van der Waals surface area (Å²) in [6.45, 7) is 2.24. The first-order valence-corrected chi connectivity index (χ1v) is 8.82. The summed E-state index contributed by atoms with van der Waals surface area (Å²) in [7, 11) is 1.75. The van der Waals surface area contributed by atoms with Crippen molar-refractivity contribution in [3.63, 3.8) is 0 Å². The number of piperidine rings is 1. The van der Waals surface area contributed by atoms with Crippen LogP contribution in [0.3, 0.4) is 0 Å². The van der Waals surface area contributed by atoms with Crippen molar-refractivity contribution in [1.29, 1.82) is 0 Å². The molecule has 1 aromatic rings. The standard InChI is InChI=1S/C19H26FNO3/c1-23-17-3-2-14-24-19(17)10-12-21(13-11-19)18(22)9-6-15-4-7-16(20)8-5-15/h4-5,7-8,17H,2-3,6,9-14H2,1H3/t17-/m1/s1. The van der Waals surface area contributed by atoms with Crippen molar-refractivity contribution in [1.82, 2.24) is 4.90 Å². The van der Waals surface area contributed by atoms with Crippen molar-refractivity contribution < 1.29 is 18.7 Å². The molecular formula is C19H26FNO3. The predicted octanol–water partition coefficient (Wildman–Crippen LogP) is 2.94. The SMILES string of the molecule is CO[C@@H]1CCCOC12CCN(C(=O)CCc1ccc(F)cc1)CC2. The van der Waals surface area contributed by atoms with Gasteiger partial charge in [0.15, 0.2) is 0 Å². The Bertz CT molecular complexity index is 552. The van der Waals surface area contributed by atoms with Crippen molar-refractivity contribution in [3.8, 4) is 0 Å². The zero-order valence-electron chi connectivity index (χ0n) is 14.3. The van der Waals surface area contributed by atoms with Gasteiger partial charge in [-0.15, -0.1) is 0 Å². The highest BCUT2D eigenvalue weighted by atomic mass is 19.1. The summed E-state index contributed by atoms with van der Waals surface area (Å²) < 4.78 is 24.6. The van der Waals surface area contributed by atoms with Crippen LogP contribution in [0, 0.1) is 5.82 Å². The van der Waals surface area contributed by atoms with Gasteiger partial charge in [-0.25, -0.2) is 4.39 Å². The molecule has 0 bridgehead atoms. The third-order valence-corrected chi connectivity index (χ3v) is 5.37. The van der Waals surface area contributed by atoms with Gasteiger partial charge in [-0.05, 0) is 49.8 Å². The number of nitrogens with zero attached hydrogens (tertiary/aromatic N) is 1. The first-order valence-electron chi connectivity index (χ1n) is 8.82. The molecule has 132 valence electrons. The minimum absolute atomic E-state index is 0.141. The molecule has 2 fully saturated rings. The number of hydrogen-bond donors (Lipinski definition) is 0. The van der Waals surface area contributed by atoms with E-state index in [-0.39, 0.29) is 23.4 Å². The van der Waals surface area contributed by atoms with Crippen molar-refractivity contribution in [2.24, 2.45) is 0 Å². The van der Waals surface area contributed by atoms with E-state index in [4.69, 9.17) is 9.47 Å². The van der Waals surface area contributed by atoms with E-state index in [0.717, 1.165) is 50.9 Å². The molecule has 0 unspecified atom stereocenters. The molecule has 2 saturated heterocycles. The van der Waals surface area contributed by atoms with E-state index in [1.54, 1.807) is 19.2 Å². The zero-order valence-corrected chi connectivity index (χ0v) is 14.3. The van der Waals surface area contributed by atoms with Gasteiger partial charge in [0.1, 0.15) is 5.82 Å². The number of carbonyl (C=O) groups is 1. The largest absolute Gasteiger partial charge is 0.378 e. The van der Waals surface area contributed by atoms with Gasteiger partial charge in [0, 0.05) is 33.2 Å². The van der Waals surface area contributed by atoms with E-state index in [0.29, 0.717) is 12.8 Å². The van der Waals surface area contributed by atoms with Gasteiger partial charge in [-0.3, -0.25) is 4.79 Å². The average Bonchev–Trinajstić information content (AvgIpc) is 2.62. The van der Waals surface area contributed by atoms with E-state index >= 15 is 0 Å². The minimum atomic E-state index is -0.244. The topological polar surface area (TPSA) is 38.8 Å². The molecule has 1 amide bonds. The lowest BCUT2D eigenvalue weighted by atomic mass is 9.81. The Hall–Kier alpha value is -1.46. The fourth-order valence-corrected chi connectivity index (χ4v) is 3.89. The first kappa shape index (κ1) is 17.4. The molecule has 2 aliphatic rings. The maximum atomic E-state index is 12.9. The third-order valence-electron chi connectivity index (χ3n) is 5.37. The van der Waals surface area contributed by atoms with E-state index < -0.39 is 0 Å². The normalized spacial score (nSPS) is 23.4. The summed E-state index contributed by atoms with van der Waals surface area (Å²) in [5.41, 5.74) is 0.786. The summed E-state index contributed by atoms with van der Waals surface area (Å²) >= 11 is 0. The van der Waals surface area contributed by atoms with Crippen LogP contribution in [0.2, 0.25) is 0 Å². The zero-order chi connectivity index (χ0) is 17.0. The van der Waals surface area contributed by atoms with Gasteiger partial charge >= 0.3 is 0 Å². The lowest BCUT2D eigenvalue weighted by molar-refractivity contribution is -0.188. The lowest BCUT2D eigenvalue weighted by Crippen LogP contribution is -2.56. The van der Waals surface area contributed by atoms with E-state index in [9.17, 15) is 9.18 Å². The van der Waals surface area contributed by atoms with Crippen LogP contribution in [0.4, 0.5) is 4.39 Å². The third kappa shape index (κ3) is 3.78. The molecule has 24 heavy (non-hydrogen) atoms. The number of hydrogen-bond acceptors (Lipinski definition) is 3. The molecule has 1 atom stereocenters. The number of aryl methyl sites for hydroxylation is 1. The Morgan fingerprint density at radius 1 is 1.33 bits per heavy atom. The molecular weight excluding hydrogens is 309 g/mol. The molecule has 4 nitrogen and oxygen atoms in total. The van der Waals surface area contributed by atoms with Gasteiger partial charge in [0.25, 0.3) is 0 Å². The summed E-state index contributed by atoms with van der Waals surface area (Å²) in [4.78, 5) is 14.4. The molecule has 3 rings (SSSR count).